The summed E-state index contributed by atoms with van der Waals surface area (Å²) in [6, 6.07) is 13.1. The predicted molar refractivity (Wildman–Crippen MR) is 104 cm³/mol. The number of hydrogen-bond donors (Lipinski definition) is 2. The molecule has 6 heteroatoms. The first-order valence-corrected chi connectivity index (χ1v) is 9.26. The SMILES string of the molecule is COc1ccc(CNC(=O)Nc2ccc3c(c2)N(C(=O)C2CC2)CC3)cc1. The molecule has 4 rings (SSSR count). The summed E-state index contributed by atoms with van der Waals surface area (Å²) in [6.07, 6.45) is 2.87. The van der Waals surface area contributed by atoms with Gasteiger partial charge in [-0.15, -0.1) is 0 Å². The first-order chi connectivity index (χ1) is 13.1. The van der Waals surface area contributed by atoms with Crippen LogP contribution < -0.4 is 20.3 Å². The van der Waals surface area contributed by atoms with Crippen LogP contribution in [0, 0.1) is 5.92 Å². The van der Waals surface area contributed by atoms with E-state index in [4.69, 9.17) is 4.74 Å². The van der Waals surface area contributed by atoms with Crippen LogP contribution in [0.15, 0.2) is 42.5 Å². The monoisotopic (exact) mass is 365 g/mol. The van der Waals surface area contributed by atoms with Gasteiger partial charge in [0, 0.05) is 30.4 Å². The highest BCUT2D eigenvalue weighted by molar-refractivity contribution is 5.99. The normalized spacial score (nSPS) is 15.2. The van der Waals surface area contributed by atoms with Crippen LogP contribution in [0.5, 0.6) is 5.75 Å². The summed E-state index contributed by atoms with van der Waals surface area (Å²) in [4.78, 5) is 26.5. The zero-order valence-corrected chi connectivity index (χ0v) is 15.3. The van der Waals surface area contributed by atoms with Crippen LogP contribution in [0.2, 0.25) is 0 Å². The Balaban J connectivity index is 1.37. The van der Waals surface area contributed by atoms with E-state index < -0.39 is 0 Å². The van der Waals surface area contributed by atoms with Crippen LogP contribution in [0.1, 0.15) is 24.0 Å². The fourth-order valence-electron chi connectivity index (χ4n) is 3.34. The molecule has 0 bridgehead atoms. The fraction of sp³-hybridized carbons (Fsp3) is 0.333. The first kappa shape index (κ1) is 17.4. The van der Waals surface area contributed by atoms with Gasteiger partial charge >= 0.3 is 6.03 Å². The van der Waals surface area contributed by atoms with Crippen LogP contribution >= 0.6 is 0 Å². The summed E-state index contributed by atoms with van der Waals surface area (Å²) in [5.74, 6) is 1.20. The Labute approximate surface area is 158 Å². The Morgan fingerprint density at radius 1 is 1.15 bits per heavy atom. The van der Waals surface area contributed by atoms with Crippen molar-refractivity contribution < 1.29 is 14.3 Å². The van der Waals surface area contributed by atoms with Gasteiger partial charge < -0.3 is 20.3 Å². The quantitative estimate of drug-likeness (QED) is 0.854. The van der Waals surface area contributed by atoms with E-state index in [2.05, 4.69) is 10.6 Å². The lowest BCUT2D eigenvalue weighted by molar-refractivity contribution is -0.119. The molecule has 1 aliphatic heterocycles. The van der Waals surface area contributed by atoms with Crippen LogP contribution in [0.4, 0.5) is 16.2 Å². The van der Waals surface area contributed by atoms with Gasteiger partial charge in [-0.25, -0.2) is 4.79 Å². The molecule has 1 fully saturated rings. The summed E-state index contributed by atoms with van der Waals surface area (Å²) in [6.45, 7) is 1.16. The molecule has 140 valence electrons. The Kier molecular flexibility index (Phi) is 4.71. The molecule has 0 unspecified atom stereocenters. The number of methoxy groups -OCH3 is 1. The largest absolute Gasteiger partial charge is 0.497 e. The molecule has 0 spiro atoms. The molecule has 2 aliphatic rings. The van der Waals surface area contributed by atoms with Crippen LogP contribution in [-0.2, 0) is 17.8 Å². The van der Waals surface area contributed by atoms with E-state index in [0.29, 0.717) is 12.2 Å². The molecule has 2 aromatic rings. The van der Waals surface area contributed by atoms with Crippen LogP contribution in [-0.4, -0.2) is 25.6 Å². The molecule has 27 heavy (non-hydrogen) atoms. The van der Waals surface area contributed by atoms with Gasteiger partial charge in [-0.05, 0) is 54.7 Å². The third kappa shape index (κ3) is 3.89. The van der Waals surface area contributed by atoms with Crippen molar-refractivity contribution in [3.63, 3.8) is 0 Å². The number of nitrogens with zero attached hydrogens (tertiary/aromatic N) is 1. The topological polar surface area (TPSA) is 70.7 Å². The number of nitrogens with one attached hydrogen (secondary N) is 2. The zero-order chi connectivity index (χ0) is 18.8. The minimum Gasteiger partial charge on any atom is -0.497 e. The molecule has 0 atom stereocenters. The number of hydrogen-bond acceptors (Lipinski definition) is 3. The Morgan fingerprint density at radius 3 is 2.63 bits per heavy atom. The van der Waals surface area contributed by atoms with Gasteiger partial charge in [0.25, 0.3) is 0 Å². The summed E-state index contributed by atoms with van der Waals surface area (Å²) in [5.41, 5.74) is 3.77. The number of ether oxygens (including phenoxy) is 1. The second-order valence-corrected chi connectivity index (χ2v) is 7.01. The van der Waals surface area contributed by atoms with Gasteiger partial charge in [0.1, 0.15) is 5.75 Å². The predicted octanol–water partition coefficient (Wildman–Crippen LogP) is 3.32. The van der Waals surface area contributed by atoms with Gasteiger partial charge in [-0.3, -0.25) is 4.79 Å². The number of amides is 3. The molecule has 0 saturated heterocycles. The summed E-state index contributed by atoms with van der Waals surface area (Å²) >= 11 is 0. The maximum atomic E-state index is 12.4. The van der Waals surface area contributed by atoms with Gasteiger partial charge in [0.05, 0.1) is 7.11 Å². The molecule has 2 N–H and O–H groups in total. The minimum absolute atomic E-state index is 0.195. The zero-order valence-electron chi connectivity index (χ0n) is 15.3. The van der Waals surface area contributed by atoms with Crippen molar-refractivity contribution >= 4 is 23.3 Å². The standard InChI is InChI=1S/C21H23N3O3/c1-27-18-8-2-14(3-9-18)13-22-21(26)23-17-7-6-15-10-11-24(19(15)12-17)20(25)16-4-5-16/h2-3,6-9,12,16H,4-5,10-11,13H2,1H3,(H2,22,23,26). The van der Waals surface area contributed by atoms with Gasteiger partial charge in [0.15, 0.2) is 0 Å². The highest BCUT2D eigenvalue weighted by atomic mass is 16.5. The Morgan fingerprint density at radius 2 is 1.93 bits per heavy atom. The van der Waals surface area contributed by atoms with Crippen molar-refractivity contribution in [2.45, 2.75) is 25.8 Å². The molecular weight excluding hydrogens is 342 g/mol. The second kappa shape index (κ2) is 7.31. The summed E-state index contributed by atoms with van der Waals surface area (Å²) in [7, 11) is 1.62. The Bertz CT molecular complexity index is 859. The van der Waals surface area contributed by atoms with E-state index >= 15 is 0 Å². The lowest BCUT2D eigenvalue weighted by Gasteiger charge is -2.18. The molecule has 0 radical (unpaired) electrons. The van der Waals surface area contributed by atoms with Crippen molar-refractivity contribution in [1.82, 2.24) is 5.32 Å². The molecule has 3 amide bonds. The van der Waals surface area contributed by atoms with Crippen molar-refractivity contribution in [3.8, 4) is 5.75 Å². The number of urea groups is 1. The number of rotatable bonds is 5. The van der Waals surface area contributed by atoms with E-state index in [-0.39, 0.29) is 17.9 Å². The lowest BCUT2D eigenvalue weighted by atomic mass is 10.1. The number of carbonyl (C=O) groups is 2. The van der Waals surface area contributed by atoms with Crippen LogP contribution in [0.3, 0.4) is 0 Å². The third-order valence-electron chi connectivity index (χ3n) is 5.04. The van der Waals surface area contributed by atoms with Crippen molar-refractivity contribution in [1.29, 1.82) is 0 Å². The molecule has 1 saturated carbocycles. The number of benzene rings is 2. The Hall–Kier alpha value is -3.02. The van der Waals surface area contributed by atoms with E-state index in [1.165, 1.54) is 0 Å². The molecule has 1 aliphatic carbocycles. The summed E-state index contributed by atoms with van der Waals surface area (Å²) < 4.78 is 5.13. The van der Waals surface area contributed by atoms with E-state index in [1.54, 1.807) is 7.11 Å². The fourth-order valence-corrected chi connectivity index (χ4v) is 3.34. The highest BCUT2D eigenvalue weighted by Gasteiger charge is 2.36. The maximum Gasteiger partial charge on any atom is 0.319 e. The van der Waals surface area contributed by atoms with Gasteiger partial charge in [-0.2, -0.15) is 0 Å². The molecule has 2 aromatic carbocycles. The van der Waals surface area contributed by atoms with Gasteiger partial charge in [-0.1, -0.05) is 18.2 Å². The average molecular weight is 365 g/mol. The van der Waals surface area contributed by atoms with Crippen molar-refractivity contribution in [2.24, 2.45) is 5.92 Å². The van der Waals surface area contributed by atoms with E-state index in [1.807, 2.05) is 47.4 Å². The molecular formula is C21H23N3O3. The smallest absolute Gasteiger partial charge is 0.319 e. The first-order valence-electron chi connectivity index (χ1n) is 9.26. The molecule has 1 heterocycles. The second-order valence-electron chi connectivity index (χ2n) is 7.01. The third-order valence-corrected chi connectivity index (χ3v) is 5.04. The number of carbonyl (C=O) groups excluding carboxylic acids is 2. The summed E-state index contributed by atoms with van der Waals surface area (Å²) in [5, 5.41) is 5.70. The minimum atomic E-state index is -0.274. The van der Waals surface area contributed by atoms with E-state index in [9.17, 15) is 9.59 Å². The molecule has 6 nitrogen and oxygen atoms in total. The average Bonchev–Trinajstić information content (AvgIpc) is 3.46. The van der Waals surface area contributed by atoms with Crippen molar-refractivity contribution in [2.75, 3.05) is 23.9 Å². The maximum absolute atomic E-state index is 12.4. The lowest BCUT2D eigenvalue weighted by Crippen LogP contribution is -2.30. The van der Waals surface area contributed by atoms with E-state index in [0.717, 1.165) is 48.4 Å². The highest BCUT2D eigenvalue weighted by Crippen LogP contribution is 2.37. The number of anilines is 2. The molecule has 0 aromatic heterocycles. The van der Waals surface area contributed by atoms with Crippen molar-refractivity contribution in [3.05, 3.63) is 53.6 Å². The van der Waals surface area contributed by atoms with Crippen LogP contribution in [0.25, 0.3) is 0 Å². The van der Waals surface area contributed by atoms with Gasteiger partial charge in [0.2, 0.25) is 5.91 Å². The number of fused-ring (bicyclic) bond motifs is 1.